The summed E-state index contributed by atoms with van der Waals surface area (Å²) in [5.41, 5.74) is 0. The van der Waals surface area contributed by atoms with E-state index in [1.165, 1.54) is 0 Å². The summed E-state index contributed by atoms with van der Waals surface area (Å²) in [6.45, 7) is 5.21. The average Bonchev–Trinajstić information content (AvgIpc) is 2.05. The maximum absolute atomic E-state index is 10.8. The van der Waals surface area contributed by atoms with Crippen LogP contribution in [0.4, 0.5) is 0 Å². The molecular formula is C9H17N3O. The number of likely N-dealkylation sites (N-methyl/N-ethyl adjacent to an activating group) is 1. The molecule has 0 aromatic carbocycles. The normalized spacial score (nSPS) is 32.8. The van der Waals surface area contributed by atoms with Gasteiger partial charge < -0.3 is 10.1 Å². The van der Waals surface area contributed by atoms with Gasteiger partial charge in [0, 0.05) is 38.8 Å². The van der Waals surface area contributed by atoms with Crippen molar-refractivity contribution in [1.29, 1.82) is 0 Å². The molecule has 0 aromatic heterocycles. The summed E-state index contributed by atoms with van der Waals surface area (Å²) in [6, 6.07) is 0.783. The van der Waals surface area contributed by atoms with Crippen LogP contribution < -0.4 is 5.32 Å². The van der Waals surface area contributed by atoms with Crippen molar-refractivity contribution in [2.45, 2.75) is 12.1 Å². The summed E-state index contributed by atoms with van der Waals surface area (Å²) >= 11 is 0. The van der Waals surface area contributed by atoms with Gasteiger partial charge in [0.2, 0.25) is 0 Å². The van der Waals surface area contributed by atoms with Crippen molar-refractivity contribution >= 4 is 6.29 Å². The first-order valence-electron chi connectivity index (χ1n) is 4.91. The highest BCUT2D eigenvalue weighted by Gasteiger charge is 2.31. The van der Waals surface area contributed by atoms with E-state index >= 15 is 0 Å². The molecule has 2 aliphatic heterocycles. The van der Waals surface area contributed by atoms with Crippen molar-refractivity contribution in [2.24, 2.45) is 0 Å². The zero-order chi connectivity index (χ0) is 9.26. The molecule has 2 fully saturated rings. The number of piperazine rings is 1. The highest BCUT2D eigenvalue weighted by molar-refractivity contribution is 5.58. The third-order valence-electron chi connectivity index (χ3n) is 3.16. The number of aldehydes is 1. The minimum atomic E-state index is 0.106. The summed E-state index contributed by atoms with van der Waals surface area (Å²) in [7, 11) is 2.02. The molecule has 4 nitrogen and oxygen atoms in total. The average molecular weight is 183 g/mol. The Morgan fingerprint density at radius 1 is 1.38 bits per heavy atom. The molecule has 1 N–H and O–H groups in total. The van der Waals surface area contributed by atoms with Gasteiger partial charge in [-0.2, -0.15) is 0 Å². The Labute approximate surface area is 78.9 Å². The van der Waals surface area contributed by atoms with Gasteiger partial charge >= 0.3 is 0 Å². The number of carbonyl (C=O) groups is 1. The van der Waals surface area contributed by atoms with Gasteiger partial charge in [0.05, 0.1) is 6.04 Å². The topological polar surface area (TPSA) is 35.6 Å². The number of nitrogens with zero attached hydrogens (tertiary/aromatic N) is 2. The van der Waals surface area contributed by atoms with Crippen molar-refractivity contribution in [3.8, 4) is 0 Å². The van der Waals surface area contributed by atoms with E-state index in [1.807, 2.05) is 7.05 Å². The molecule has 2 saturated heterocycles. The zero-order valence-corrected chi connectivity index (χ0v) is 8.07. The van der Waals surface area contributed by atoms with E-state index in [2.05, 4.69) is 15.1 Å². The molecule has 4 heteroatoms. The van der Waals surface area contributed by atoms with Gasteiger partial charge in [-0.05, 0) is 7.05 Å². The van der Waals surface area contributed by atoms with Crippen LogP contribution in [0.25, 0.3) is 0 Å². The van der Waals surface area contributed by atoms with Gasteiger partial charge in [-0.1, -0.05) is 0 Å². The highest BCUT2D eigenvalue weighted by atomic mass is 16.1. The molecule has 1 unspecified atom stereocenters. The lowest BCUT2D eigenvalue weighted by molar-refractivity contribution is -0.114. The SMILES string of the molecule is CN1CCN(C2CNC2)CC1C=O. The van der Waals surface area contributed by atoms with Gasteiger partial charge in [-0.3, -0.25) is 9.80 Å². The molecule has 74 valence electrons. The predicted octanol–water partition coefficient (Wildman–Crippen LogP) is -1.23. The molecule has 0 aromatic rings. The summed E-state index contributed by atoms with van der Waals surface area (Å²) in [5, 5.41) is 3.26. The monoisotopic (exact) mass is 183 g/mol. The minimum absolute atomic E-state index is 0.106. The summed E-state index contributed by atoms with van der Waals surface area (Å²) in [5.74, 6) is 0. The summed E-state index contributed by atoms with van der Waals surface area (Å²) < 4.78 is 0. The summed E-state index contributed by atoms with van der Waals surface area (Å²) in [4.78, 5) is 15.3. The second kappa shape index (κ2) is 3.74. The Bertz CT molecular complexity index is 193. The fraction of sp³-hybridized carbons (Fsp3) is 0.889. The molecule has 0 radical (unpaired) electrons. The molecule has 0 spiro atoms. The number of carbonyl (C=O) groups excluding carboxylic acids is 1. The Balaban J connectivity index is 1.89. The Kier molecular flexibility index (Phi) is 2.62. The lowest BCUT2D eigenvalue weighted by Crippen LogP contribution is -2.63. The van der Waals surface area contributed by atoms with E-state index in [0.717, 1.165) is 39.0 Å². The molecule has 0 bridgehead atoms. The first kappa shape index (κ1) is 9.12. The number of nitrogens with one attached hydrogen (secondary N) is 1. The zero-order valence-electron chi connectivity index (χ0n) is 8.07. The maximum Gasteiger partial charge on any atom is 0.138 e. The molecule has 2 heterocycles. The third kappa shape index (κ3) is 1.75. The van der Waals surface area contributed by atoms with Crippen molar-refractivity contribution in [1.82, 2.24) is 15.1 Å². The van der Waals surface area contributed by atoms with Crippen molar-refractivity contribution in [3.05, 3.63) is 0 Å². The minimum Gasteiger partial charge on any atom is -0.314 e. The van der Waals surface area contributed by atoms with E-state index in [-0.39, 0.29) is 6.04 Å². The van der Waals surface area contributed by atoms with E-state index < -0.39 is 0 Å². The molecule has 0 saturated carbocycles. The number of hydrogen-bond acceptors (Lipinski definition) is 4. The van der Waals surface area contributed by atoms with Crippen LogP contribution >= 0.6 is 0 Å². The molecule has 13 heavy (non-hydrogen) atoms. The quantitative estimate of drug-likeness (QED) is 0.544. The second-order valence-electron chi connectivity index (χ2n) is 3.99. The first-order valence-corrected chi connectivity index (χ1v) is 4.91. The Morgan fingerprint density at radius 3 is 2.69 bits per heavy atom. The molecule has 2 rings (SSSR count). The Hall–Kier alpha value is -0.450. The van der Waals surface area contributed by atoms with Crippen molar-refractivity contribution in [2.75, 3.05) is 39.8 Å². The van der Waals surface area contributed by atoms with Gasteiger partial charge in [-0.25, -0.2) is 0 Å². The molecule has 0 amide bonds. The number of rotatable bonds is 2. The Morgan fingerprint density at radius 2 is 2.15 bits per heavy atom. The first-order chi connectivity index (χ1) is 6.31. The second-order valence-corrected chi connectivity index (χ2v) is 3.99. The molecule has 0 aliphatic carbocycles. The van der Waals surface area contributed by atoms with Crippen LogP contribution in [0.3, 0.4) is 0 Å². The van der Waals surface area contributed by atoms with E-state index in [0.29, 0.717) is 6.04 Å². The van der Waals surface area contributed by atoms with Crippen LogP contribution in [0, 0.1) is 0 Å². The summed E-state index contributed by atoms with van der Waals surface area (Å²) in [6.07, 6.45) is 1.07. The van der Waals surface area contributed by atoms with E-state index in [9.17, 15) is 4.79 Å². The van der Waals surface area contributed by atoms with Crippen molar-refractivity contribution < 1.29 is 4.79 Å². The lowest BCUT2D eigenvalue weighted by atomic mass is 10.1. The van der Waals surface area contributed by atoms with Crippen LogP contribution in [-0.2, 0) is 4.79 Å². The standard InChI is InChI=1S/C9H17N3O/c1-11-2-3-12(6-9(11)7-13)8-4-10-5-8/h7-10H,2-6H2,1H3. The third-order valence-corrected chi connectivity index (χ3v) is 3.16. The molecule has 2 aliphatic rings. The van der Waals surface area contributed by atoms with Crippen LogP contribution in [0.5, 0.6) is 0 Å². The van der Waals surface area contributed by atoms with Crippen LogP contribution in [0.2, 0.25) is 0 Å². The largest absolute Gasteiger partial charge is 0.314 e. The van der Waals surface area contributed by atoms with Gasteiger partial charge in [0.15, 0.2) is 0 Å². The van der Waals surface area contributed by atoms with Gasteiger partial charge in [0.25, 0.3) is 0 Å². The fourth-order valence-electron chi connectivity index (χ4n) is 1.93. The predicted molar refractivity (Wildman–Crippen MR) is 50.7 cm³/mol. The van der Waals surface area contributed by atoms with Gasteiger partial charge in [0.1, 0.15) is 6.29 Å². The molecular weight excluding hydrogens is 166 g/mol. The van der Waals surface area contributed by atoms with Gasteiger partial charge in [-0.15, -0.1) is 0 Å². The van der Waals surface area contributed by atoms with Crippen LogP contribution in [0.1, 0.15) is 0 Å². The smallest absolute Gasteiger partial charge is 0.138 e. The lowest BCUT2D eigenvalue weighted by Gasteiger charge is -2.44. The van der Waals surface area contributed by atoms with Crippen LogP contribution in [-0.4, -0.2) is 67.9 Å². The van der Waals surface area contributed by atoms with E-state index in [4.69, 9.17) is 0 Å². The van der Waals surface area contributed by atoms with Crippen molar-refractivity contribution in [3.63, 3.8) is 0 Å². The van der Waals surface area contributed by atoms with E-state index in [1.54, 1.807) is 0 Å². The molecule has 1 atom stereocenters. The highest BCUT2D eigenvalue weighted by Crippen LogP contribution is 2.11. The fourth-order valence-corrected chi connectivity index (χ4v) is 1.93. The van der Waals surface area contributed by atoms with Crippen LogP contribution in [0.15, 0.2) is 0 Å². The maximum atomic E-state index is 10.8. The number of hydrogen-bond donors (Lipinski definition) is 1.